The molecule has 0 aliphatic carbocycles. The molecule has 0 aliphatic heterocycles. The number of benzene rings is 2. The van der Waals surface area contributed by atoms with E-state index in [1.54, 1.807) is 19.3 Å². The third-order valence-electron chi connectivity index (χ3n) is 3.57. The van der Waals surface area contributed by atoms with Crippen LogP contribution in [0.5, 0.6) is 5.75 Å². The van der Waals surface area contributed by atoms with Gasteiger partial charge in [0.05, 0.1) is 18.5 Å². The summed E-state index contributed by atoms with van der Waals surface area (Å²) in [6, 6.07) is 13.3. The van der Waals surface area contributed by atoms with E-state index in [1.165, 1.54) is 0 Å². The highest BCUT2D eigenvalue weighted by atomic mass is 16.6. The van der Waals surface area contributed by atoms with E-state index in [9.17, 15) is 10.1 Å². The van der Waals surface area contributed by atoms with Gasteiger partial charge in [0, 0.05) is 11.6 Å². The Morgan fingerprint density at radius 1 is 1.23 bits per heavy atom. The summed E-state index contributed by atoms with van der Waals surface area (Å²) in [7, 11) is 1.56. The van der Waals surface area contributed by atoms with E-state index in [0.29, 0.717) is 17.7 Å². The zero-order chi connectivity index (χ0) is 16.1. The van der Waals surface area contributed by atoms with Crippen LogP contribution in [0.2, 0.25) is 0 Å². The molecule has 0 heterocycles. The lowest BCUT2D eigenvalue weighted by molar-refractivity contribution is -0.425. The van der Waals surface area contributed by atoms with Crippen LogP contribution in [0.25, 0.3) is 6.08 Å². The third-order valence-corrected chi connectivity index (χ3v) is 3.57. The number of aryl methyl sites for hydroxylation is 2. The van der Waals surface area contributed by atoms with E-state index in [0.717, 1.165) is 16.7 Å². The number of rotatable bonds is 5. The van der Waals surface area contributed by atoms with Crippen molar-refractivity contribution in [2.24, 2.45) is 0 Å². The molecule has 0 amide bonds. The Morgan fingerprint density at radius 3 is 2.64 bits per heavy atom. The third kappa shape index (κ3) is 3.73. The second-order valence-corrected chi connectivity index (χ2v) is 5.24. The maximum atomic E-state index is 11.4. The molecule has 0 aliphatic rings. The first-order valence-corrected chi connectivity index (χ1v) is 7.05. The predicted molar refractivity (Wildman–Crippen MR) is 87.6 cm³/mol. The monoisotopic (exact) mass is 297 g/mol. The minimum absolute atomic E-state index is 0.151. The summed E-state index contributed by atoms with van der Waals surface area (Å²) in [5.74, 6) is 0.628. The van der Waals surface area contributed by atoms with Crippen molar-refractivity contribution in [2.75, 3.05) is 7.11 Å². The minimum Gasteiger partial charge on any atom is -0.496 e. The van der Waals surface area contributed by atoms with Crippen molar-refractivity contribution in [2.45, 2.75) is 20.3 Å². The number of para-hydroxylation sites is 1. The van der Waals surface area contributed by atoms with E-state index in [4.69, 9.17) is 4.74 Å². The lowest BCUT2D eigenvalue weighted by atomic mass is 10.0. The van der Waals surface area contributed by atoms with Crippen LogP contribution >= 0.6 is 0 Å². The first-order chi connectivity index (χ1) is 10.5. The quantitative estimate of drug-likeness (QED) is 0.614. The molecule has 0 saturated carbocycles. The fourth-order valence-electron chi connectivity index (χ4n) is 2.32. The fraction of sp³-hybridized carbons (Fsp3) is 0.222. The molecule has 0 unspecified atom stereocenters. The Kier molecular flexibility index (Phi) is 4.94. The average molecular weight is 297 g/mol. The van der Waals surface area contributed by atoms with Crippen molar-refractivity contribution < 1.29 is 9.66 Å². The lowest BCUT2D eigenvalue weighted by Crippen LogP contribution is -2.04. The number of methoxy groups -OCH3 is 1. The van der Waals surface area contributed by atoms with Gasteiger partial charge in [-0.25, -0.2) is 0 Å². The Balaban J connectivity index is 2.40. The summed E-state index contributed by atoms with van der Waals surface area (Å²) in [4.78, 5) is 11.1. The maximum absolute atomic E-state index is 11.4. The normalized spacial score (nSPS) is 11.3. The highest BCUT2D eigenvalue weighted by molar-refractivity contribution is 5.59. The molecule has 0 fully saturated rings. The zero-order valence-corrected chi connectivity index (χ0v) is 13.0. The van der Waals surface area contributed by atoms with Crippen LogP contribution in [-0.2, 0) is 6.42 Å². The topological polar surface area (TPSA) is 52.4 Å². The number of nitrogens with zero attached hydrogens (tertiary/aromatic N) is 1. The Morgan fingerprint density at radius 2 is 1.95 bits per heavy atom. The average Bonchev–Trinajstić information content (AvgIpc) is 2.50. The van der Waals surface area contributed by atoms with Crippen LogP contribution in [-0.4, -0.2) is 12.0 Å². The second kappa shape index (κ2) is 6.89. The van der Waals surface area contributed by atoms with Gasteiger partial charge in [0.15, 0.2) is 0 Å². The number of nitro groups is 1. The van der Waals surface area contributed by atoms with Gasteiger partial charge in [0.1, 0.15) is 5.75 Å². The van der Waals surface area contributed by atoms with Crippen molar-refractivity contribution in [3.05, 3.63) is 80.5 Å². The van der Waals surface area contributed by atoms with Crippen LogP contribution in [0, 0.1) is 24.0 Å². The highest BCUT2D eigenvalue weighted by Crippen LogP contribution is 2.23. The van der Waals surface area contributed by atoms with E-state index in [-0.39, 0.29) is 10.6 Å². The van der Waals surface area contributed by atoms with Gasteiger partial charge in [0.2, 0.25) is 0 Å². The molecule has 2 aromatic rings. The molecule has 22 heavy (non-hydrogen) atoms. The zero-order valence-electron chi connectivity index (χ0n) is 13.0. The Hall–Kier alpha value is -2.62. The molecule has 0 aromatic heterocycles. The van der Waals surface area contributed by atoms with E-state index >= 15 is 0 Å². The van der Waals surface area contributed by atoms with Crippen LogP contribution in [0.15, 0.2) is 48.2 Å². The molecule has 0 spiro atoms. The summed E-state index contributed by atoms with van der Waals surface area (Å²) < 4.78 is 5.25. The van der Waals surface area contributed by atoms with Gasteiger partial charge < -0.3 is 4.74 Å². The largest absolute Gasteiger partial charge is 0.496 e. The first-order valence-electron chi connectivity index (χ1n) is 7.05. The lowest BCUT2D eigenvalue weighted by Gasteiger charge is -2.07. The number of hydrogen-bond donors (Lipinski definition) is 0. The molecule has 0 saturated heterocycles. The van der Waals surface area contributed by atoms with Crippen molar-refractivity contribution in [1.82, 2.24) is 0 Å². The number of ether oxygens (including phenoxy) is 1. The van der Waals surface area contributed by atoms with Gasteiger partial charge >= 0.3 is 0 Å². The minimum atomic E-state index is -0.325. The molecule has 0 N–H and O–H groups in total. The van der Waals surface area contributed by atoms with Crippen molar-refractivity contribution in [3.8, 4) is 5.75 Å². The van der Waals surface area contributed by atoms with E-state index in [1.807, 2.05) is 50.2 Å². The van der Waals surface area contributed by atoms with E-state index < -0.39 is 0 Å². The molecule has 4 heteroatoms. The summed E-state index contributed by atoms with van der Waals surface area (Å²) in [6.07, 6.45) is 1.87. The standard InChI is InChI=1S/C18H19NO3/c1-13-8-9-14(2)16(10-13)12-17(19(20)21)11-15-6-4-5-7-18(15)22-3/h4-11H,12H2,1-3H3/b17-11+. The van der Waals surface area contributed by atoms with Crippen LogP contribution in [0.4, 0.5) is 0 Å². The van der Waals surface area contributed by atoms with Gasteiger partial charge in [-0.3, -0.25) is 10.1 Å². The van der Waals surface area contributed by atoms with Gasteiger partial charge in [0.25, 0.3) is 5.70 Å². The number of allylic oxidation sites excluding steroid dienone is 1. The van der Waals surface area contributed by atoms with Crippen molar-refractivity contribution in [3.63, 3.8) is 0 Å². The Bertz CT molecular complexity index is 720. The second-order valence-electron chi connectivity index (χ2n) is 5.24. The molecule has 2 rings (SSSR count). The molecule has 2 aromatic carbocycles. The molecule has 0 radical (unpaired) electrons. The summed E-state index contributed by atoms with van der Waals surface area (Å²) in [6.45, 7) is 3.95. The van der Waals surface area contributed by atoms with Crippen molar-refractivity contribution in [1.29, 1.82) is 0 Å². The highest BCUT2D eigenvalue weighted by Gasteiger charge is 2.15. The SMILES string of the molecule is COc1ccccc1/C=C(\Cc1cc(C)ccc1C)[N+](=O)[O-]. The summed E-state index contributed by atoms with van der Waals surface area (Å²) >= 11 is 0. The van der Waals surface area contributed by atoms with Crippen LogP contribution in [0.3, 0.4) is 0 Å². The smallest absolute Gasteiger partial charge is 0.251 e. The Labute approximate surface area is 130 Å². The fourth-order valence-corrected chi connectivity index (χ4v) is 2.32. The molecule has 114 valence electrons. The van der Waals surface area contributed by atoms with Gasteiger partial charge in [-0.2, -0.15) is 0 Å². The van der Waals surface area contributed by atoms with Crippen molar-refractivity contribution >= 4 is 6.08 Å². The van der Waals surface area contributed by atoms with Gasteiger partial charge in [-0.05, 0) is 31.0 Å². The molecule has 4 nitrogen and oxygen atoms in total. The van der Waals surface area contributed by atoms with Crippen LogP contribution < -0.4 is 4.74 Å². The maximum Gasteiger partial charge on any atom is 0.251 e. The molecule has 0 bridgehead atoms. The molecular weight excluding hydrogens is 278 g/mol. The number of hydrogen-bond acceptors (Lipinski definition) is 3. The van der Waals surface area contributed by atoms with Gasteiger partial charge in [-0.15, -0.1) is 0 Å². The summed E-state index contributed by atoms with van der Waals surface area (Å²) in [5.41, 5.74) is 3.98. The van der Waals surface area contributed by atoms with E-state index in [2.05, 4.69) is 0 Å². The predicted octanol–water partition coefficient (Wildman–Crippen LogP) is 4.17. The molecular formula is C18H19NO3. The van der Waals surface area contributed by atoms with Gasteiger partial charge in [-0.1, -0.05) is 42.0 Å². The van der Waals surface area contributed by atoms with Crippen LogP contribution in [0.1, 0.15) is 22.3 Å². The summed E-state index contributed by atoms with van der Waals surface area (Å²) in [5, 5.41) is 11.4. The molecule has 0 atom stereocenters. The first kappa shape index (κ1) is 15.8.